The van der Waals surface area contributed by atoms with Crippen LogP contribution in [0.4, 0.5) is 0 Å². The Morgan fingerprint density at radius 1 is 1.32 bits per heavy atom. The van der Waals surface area contributed by atoms with Gasteiger partial charge < -0.3 is 9.84 Å². The Morgan fingerprint density at radius 3 is 3.00 bits per heavy atom. The van der Waals surface area contributed by atoms with Gasteiger partial charge in [0.2, 0.25) is 0 Å². The first-order chi connectivity index (χ1) is 11.7. The molecule has 0 radical (unpaired) electrons. The van der Waals surface area contributed by atoms with Gasteiger partial charge in [-0.25, -0.2) is 0 Å². The van der Waals surface area contributed by atoms with Gasteiger partial charge in [-0.15, -0.1) is 0 Å². The Morgan fingerprint density at radius 2 is 2.18 bits per heavy atom. The minimum Gasteiger partial charge on any atom is -0.504 e. The third-order valence-corrected chi connectivity index (χ3v) is 6.65. The van der Waals surface area contributed by atoms with E-state index in [9.17, 15) is 9.90 Å². The number of hydrogen-bond donors (Lipinski definition) is 1. The molecule has 0 aromatic heterocycles. The number of ether oxygens (including phenoxy) is 1. The van der Waals surface area contributed by atoms with Crippen LogP contribution < -0.4 is 4.74 Å². The van der Waals surface area contributed by atoms with E-state index in [1.807, 2.05) is 6.07 Å². The predicted molar refractivity (Wildman–Crippen MR) is 84.3 cm³/mol. The maximum Gasteiger partial charge on any atom is 0.163 e. The molecule has 1 N–H and O–H groups in total. The van der Waals surface area contributed by atoms with Crippen molar-refractivity contribution in [1.82, 2.24) is 0 Å². The number of benzene rings is 1. The predicted octanol–water partition coefficient (Wildman–Crippen LogP) is 3.83. The molecular formula is C19H24O3. The molecule has 4 atom stereocenters. The van der Waals surface area contributed by atoms with Gasteiger partial charge in [0.1, 0.15) is 5.78 Å². The SMILES string of the molecule is [2H][13C]([2H])([2H])Oc1c(O)ccc2c1CC[C@@H]1[C@@H]2CC[C@]2(C)C(=O)CC[C@@H]12. The monoisotopic (exact) mass is 304 g/mol. The van der Waals surface area contributed by atoms with Crippen molar-refractivity contribution in [3.63, 3.8) is 0 Å². The molecule has 0 spiro atoms. The lowest BCUT2D eigenvalue weighted by Gasteiger charge is -2.48. The number of hydrogen-bond acceptors (Lipinski definition) is 3. The molecule has 0 saturated heterocycles. The molecule has 3 aliphatic carbocycles. The van der Waals surface area contributed by atoms with Crippen LogP contribution in [0.3, 0.4) is 0 Å². The molecule has 0 aliphatic heterocycles. The average Bonchev–Trinajstić information content (AvgIpc) is 2.84. The summed E-state index contributed by atoms with van der Waals surface area (Å²) in [6.45, 7) is 2.14. The first kappa shape index (κ1) is 11.1. The van der Waals surface area contributed by atoms with E-state index in [0.717, 1.165) is 36.8 Å². The summed E-state index contributed by atoms with van der Waals surface area (Å²) in [7, 11) is -2.58. The molecule has 0 heterocycles. The van der Waals surface area contributed by atoms with Gasteiger partial charge >= 0.3 is 0 Å². The van der Waals surface area contributed by atoms with Crippen molar-refractivity contribution < 1.29 is 18.8 Å². The van der Waals surface area contributed by atoms with E-state index in [2.05, 4.69) is 6.92 Å². The van der Waals surface area contributed by atoms with E-state index in [0.29, 0.717) is 36.4 Å². The van der Waals surface area contributed by atoms with Gasteiger partial charge in [0, 0.05) is 17.4 Å². The summed E-state index contributed by atoms with van der Waals surface area (Å²) >= 11 is 0. The molecule has 3 aliphatic rings. The molecule has 1 aromatic carbocycles. The van der Waals surface area contributed by atoms with Gasteiger partial charge in [0.25, 0.3) is 0 Å². The van der Waals surface area contributed by atoms with E-state index in [4.69, 9.17) is 8.85 Å². The number of methoxy groups -OCH3 is 1. The topological polar surface area (TPSA) is 46.5 Å². The molecule has 118 valence electrons. The maximum atomic E-state index is 12.4. The second-order valence-electron chi connectivity index (χ2n) is 7.42. The summed E-state index contributed by atoms with van der Waals surface area (Å²) < 4.78 is 27.2. The van der Waals surface area contributed by atoms with Gasteiger partial charge in [0.15, 0.2) is 11.5 Å². The summed E-state index contributed by atoms with van der Waals surface area (Å²) in [5, 5.41) is 10.1. The van der Waals surface area contributed by atoms with Crippen molar-refractivity contribution in [2.24, 2.45) is 17.3 Å². The zero-order valence-electron chi connectivity index (χ0n) is 15.9. The second-order valence-corrected chi connectivity index (χ2v) is 7.42. The summed E-state index contributed by atoms with van der Waals surface area (Å²) in [5.41, 5.74) is 1.77. The Kier molecular flexibility index (Phi) is 2.39. The highest BCUT2D eigenvalue weighted by molar-refractivity contribution is 5.87. The van der Waals surface area contributed by atoms with E-state index < -0.39 is 7.04 Å². The molecule has 3 nitrogen and oxygen atoms in total. The normalized spacial score (nSPS) is 39.0. The molecule has 1 aromatic rings. The number of rotatable bonds is 1. The number of fused-ring (bicyclic) bond motifs is 5. The third-order valence-electron chi connectivity index (χ3n) is 6.65. The molecule has 0 unspecified atom stereocenters. The number of phenols is 1. The quantitative estimate of drug-likeness (QED) is 0.802. The van der Waals surface area contributed by atoms with E-state index in [1.54, 1.807) is 6.07 Å². The van der Waals surface area contributed by atoms with E-state index in [1.165, 1.54) is 0 Å². The first-order valence-electron chi connectivity index (χ1n) is 9.78. The van der Waals surface area contributed by atoms with Gasteiger partial charge in [-0.05, 0) is 61.5 Å². The fourth-order valence-corrected chi connectivity index (χ4v) is 5.51. The Bertz CT molecular complexity index is 727. The number of carbonyl (C=O) groups is 1. The number of aromatic hydroxyl groups is 1. The van der Waals surface area contributed by atoms with Crippen LogP contribution in [0.25, 0.3) is 0 Å². The van der Waals surface area contributed by atoms with Crippen LogP contribution in [0.2, 0.25) is 0 Å². The van der Waals surface area contributed by atoms with Crippen molar-refractivity contribution in [3.05, 3.63) is 23.3 Å². The molecule has 3 heteroatoms. The van der Waals surface area contributed by atoms with Crippen LogP contribution in [-0.2, 0) is 11.2 Å². The van der Waals surface area contributed by atoms with Crippen LogP contribution in [0.5, 0.6) is 11.5 Å². The fraction of sp³-hybridized carbons (Fsp3) is 0.632. The lowest BCUT2D eigenvalue weighted by atomic mass is 9.55. The summed E-state index contributed by atoms with van der Waals surface area (Å²) in [5.74, 6) is 1.64. The average molecular weight is 304 g/mol. The highest BCUT2D eigenvalue weighted by atomic mass is 16.5. The van der Waals surface area contributed by atoms with Crippen LogP contribution in [-0.4, -0.2) is 17.9 Å². The van der Waals surface area contributed by atoms with Crippen molar-refractivity contribution in [1.29, 1.82) is 0 Å². The summed E-state index contributed by atoms with van der Waals surface area (Å²) in [4.78, 5) is 12.4. The van der Waals surface area contributed by atoms with Gasteiger partial charge in [-0.1, -0.05) is 13.0 Å². The number of phenolic OH excluding ortho intramolecular Hbond substituents is 1. The Balaban J connectivity index is 1.72. The molecule has 22 heavy (non-hydrogen) atoms. The molecule has 4 rings (SSSR count). The second kappa shape index (κ2) is 4.74. The molecule has 2 fully saturated rings. The smallest absolute Gasteiger partial charge is 0.163 e. The van der Waals surface area contributed by atoms with Crippen molar-refractivity contribution in [3.8, 4) is 11.5 Å². The van der Waals surface area contributed by atoms with Crippen LogP contribution in [0.1, 0.15) is 60.2 Å². The summed E-state index contributed by atoms with van der Waals surface area (Å²) in [6.07, 6.45) is 5.12. The lowest BCUT2D eigenvalue weighted by Crippen LogP contribution is -2.42. The maximum absolute atomic E-state index is 12.4. The third kappa shape index (κ3) is 1.71. The lowest BCUT2D eigenvalue weighted by molar-refractivity contribution is -0.129. The van der Waals surface area contributed by atoms with Crippen LogP contribution >= 0.6 is 0 Å². The van der Waals surface area contributed by atoms with E-state index >= 15 is 0 Å². The molecule has 2 saturated carbocycles. The van der Waals surface area contributed by atoms with Crippen molar-refractivity contribution in [2.45, 2.75) is 51.4 Å². The highest BCUT2D eigenvalue weighted by Crippen LogP contribution is 2.60. The van der Waals surface area contributed by atoms with Gasteiger partial charge in [0.05, 0.1) is 11.2 Å². The number of carbonyl (C=O) groups excluding carboxylic acids is 1. The molecule has 0 amide bonds. The fourth-order valence-electron chi connectivity index (χ4n) is 5.51. The standard InChI is InChI=1S/C19H24O3/c1-19-10-9-12-11-5-7-16(20)18(22-2)14(11)4-3-13(12)15(19)6-8-17(19)21/h5,7,12-13,15,20H,3-4,6,8-10H2,1-2H3/t12-,13-,15+,19+/m1/s1/i2+1D3. The number of Topliss-reactive ketones (excluding diaryl/α,β-unsaturated/α-hetero) is 1. The Hall–Kier alpha value is -1.51. The summed E-state index contributed by atoms with van der Waals surface area (Å²) in [6, 6.07) is 3.48. The van der Waals surface area contributed by atoms with E-state index in [-0.39, 0.29) is 16.9 Å². The minimum atomic E-state index is -2.58. The minimum absolute atomic E-state index is 0.106. The van der Waals surface area contributed by atoms with Crippen LogP contribution in [0.15, 0.2) is 12.1 Å². The van der Waals surface area contributed by atoms with Crippen molar-refractivity contribution in [2.75, 3.05) is 7.04 Å². The molecular weight excluding hydrogens is 277 g/mol. The Labute approximate surface area is 135 Å². The zero-order valence-corrected chi connectivity index (χ0v) is 12.9. The number of ketones is 1. The van der Waals surface area contributed by atoms with Crippen LogP contribution in [0, 0.1) is 17.3 Å². The first-order valence-corrected chi connectivity index (χ1v) is 8.28. The highest BCUT2D eigenvalue weighted by Gasteiger charge is 2.54. The van der Waals surface area contributed by atoms with Gasteiger partial charge in [-0.3, -0.25) is 4.79 Å². The largest absolute Gasteiger partial charge is 0.504 e. The van der Waals surface area contributed by atoms with Crippen molar-refractivity contribution >= 4 is 5.78 Å². The van der Waals surface area contributed by atoms with Gasteiger partial charge in [-0.2, -0.15) is 0 Å². The molecule has 0 bridgehead atoms. The zero-order chi connectivity index (χ0) is 18.0.